The van der Waals surface area contributed by atoms with Gasteiger partial charge in [0.05, 0.1) is 0 Å². The molecule has 0 unspecified atom stereocenters. The second-order valence-electron chi connectivity index (χ2n) is 6.24. The zero-order chi connectivity index (χ0) is 13.6. The highest BCUT2D eigenvalue weighted by molar-refractivity contribution is 5.86. The number of rotatable bonds is 2. The normalized spacial score (nSPS) is 28.3. The maximum Gasteiger partial charge on any atom is 0.411 e. The van der Waals surface area contributed by atoms with Gasteiger partial charge in [0.15, 0.2) is 0 Å². The molecular formula is C13H21NO4. The second kappa shape index (κ2) is 4.14. The smallest absolute Gasteiger partial charge is 0.411 e. The average Bonchev–Trinajstić information content (AvgIpc) is 2.94. The lowest BCUT2D eigenvalue weighted by molar-refractivity contribution is -0.150. The first-order valence-corrected chi connectivity index (χ1v) is 6.51. The van der Waals surface area contributed by atoms with Crippen molar-refractivity contribution in [3.05, 3.63) is 0 Å². The molecule has 0 aromatic heterocycles. The number of amides is 1. The summed E-state index contributed by atoms with van der Waals surface area (Å²) in [7, 11) is 0. The summed E-state index contributed by atoms with van der Waals surface area (Å²) >= 11 is 0. The van der Waals surface area contributed by atoms with Crippen molar-refractivity contribution in [2.45, 2.75) is 57.6 Å². The van der Waals surface area contributed by atoms with Crippen molar-refractivity contribution >= 4 is 12.1 Å². The van der Waals surface area contributed by atoms with Gasteiger partial charge >= 0.3 is 12.1 Å². The topological polar surface area (TPSA) is 66.8 Å². The van der Waals surface area contributed by atoms with Gasteiger partial charge in [-0.15, -0.1) is 0 Å². The molecule has 2 fully saturated rings. The van der Waals surface area contributed by atoms with Gasteiger partial charge in [-0.3, -0.25) is 4.90 Å². The molecule has 0 aromatic carbocycles. The highest BCUT2D eigenvalue weighted by Gasteiger charge is 2.59. The maximum atomic E-state index is 12.2. The Hall–Kier alpha value is -1.26. The lowest BCUT2D eigenvalue weighted by Gasteiger charge is -2.36. The van der Waals surface area contributed by atoms with Crippen molar-refractivity contribution in [1.82, 2.24) is 4.90 Å². The van der Waals surface area contributed by atoms with Crippen LogP contribution in [0.5, 0.6) is 0 Å². The highest BCUT2D eigenvalue weighted by Crippen LogP contribution is 2.49. The van der Waals surface area contributed by atoms with Crippen molar-refractivity contribution in [2.75, 3.05) is 6.54 Å². The standard InChI is InChI=1S/C13H21NO4/c1-12(2,3)18-11(17)14-8-4-7-13(14,10(15)16)9-5-6-9/h9H,4-8H2,1-3H3,(H,15,16)/t13-/m0/s1. The number of carboxylic acids is 1. The Bertz CT molecular complexity index is 370. The van der Waals surface area contributed by atoms with Crippen molar-refractivity contribution in [1.29, 1.82) is 0 Å². The summed E-state index contributed by atoms with van der Waals surface area (Å²) in [4.78, 5) is 25.2. The molecule has 2 rings (SSSR count). The van der Waals surface area contributed by atoms with E-state index in [0.717, 1.165) is 19.3 Å². The summed E-state index contributed by atoms with van der Waals surface area (Å²) < 4.78 is 5.33. The molecule has 18 heavy (non-hydrogen) atoms. The fourth-order valence-electron chi connectivity index (χ4n) is 2.79. The zero-order valence-electron chi connectivity index (χ0n) is 11.2. The van der Waals surface area contributed by atoms with Crippen LogP contribution in [-0.4, -0.2) is 39.8 Å². The molecular weight excluding hydrogens is 234 g/mol. The molecule has 102 valence electrons. The van der Waals surface area contributed by atoms with Gasteiger partial charge in [-0.1, -0.05) is 0 Å². The number of nitrogens with zero attached hydrogens (tertiary/aromatic N) is 1. The first-order chi connectivity index (χ1) is 8.27. The average molecular weight is 255 g/mol. The SMILES string of the molecule is CC(C)(C)OC(=O)N1CCC[C@@]1(C(=O)O)C1CC1. The molecule has 5 nitrogen and oxygen atoms in total. The third-order valence-corrected chi connectivity index (χ3v) is 3.66. The molecule has 1 aliphatic carbocycles. The maximum absolute atomic E-state index is 12.2. The summed E-state index contributed by atoms with van der Waals surface area (Å²) in [5.41, 5.74) is -1.60. The molecule has 0 aromatic rings. The molecule has 1 saturated heterocycles. The Morgan fingerprint density at radius 3 is 2.39 bits per heavy atom. The summed E-state index contributed by atoms with van der Waals surface area (Å²) in [6, 6.07) is 0. The highest BCUT2D eigenvalue weighted by atomic mass is 16.6. The van der Waals surface area contributed by atoms with Crippen LogP contribution in [0, 0.1) is 5.92 Å². The predicted molar refractivity (Wildman–Crippen MR) is 65.3 cm³/mol. The fraction of sp³-hybridized carbons (Fsp3) is 0.846. The van der Waals surface area contributed by atoms with Gasteiger partial charge in [-0.2, -0.15) is 0 Å². The molecule has 1 amide bonds. The molecule has 1 aliphatic heterocycles. The van der Waals surface area contributed by atoms with E-state index in [-0.39, 0.29) is 5.92 Å². The Balaban J connectivity index is 2.20. The van der Waals surface area contributed by atoms with Gasteiger partial charge < -0.3 is 9.84 Å². The number of carbonyl (C=O) groups is 2. The molecule has 5 heteroatoms. The van der Waals surface area contributed by atoms with E-state index in [1.165, 1.54) is 4.90 Å². The predicted octanol–water partition coefficient (Wildman–Crippen LogP) is 2.25. The van der Waals surface area contributed by atoms with Crippen LogP contribution in [0.4, 0.5) is 4.79 Å². The summed E-state index contributed by atoms with van der Waals surface area (Å²) in [5, 5.41) is 9.54. The minimum Gasteiger partial charge on any atom is -0.479 e. The van der Waals surface area contributed by atoms with Crippen molar-refractivity contribution in [2.24, 2.45) is 5.92 Å². The van der Waals surface area contributed by atoms with Crippen LogP contribution in [0.1, 0.15) is 46.5 Å². The number of hydrogen-bond donors (Lipinski definition) is 1. The van der Waals surface area contributed by atoms with E-state index in [9.17, 15) is 14.7 Å². The third kappa shape index (κ3) is 2.18. The third-order valence-electron chi connectivity index (χ3n) is 3.66. The first-order valence-electron chi connectivity index (χ1n) is 6.51. The number of carboxylic acid groups (broad SMARTS) is 1. The van der Waals surface area contributed by atoms with Crippen LogP contribution < -0.4 is 0 Å². The lowest BCUT2D eigenvalue weighted by atomic mass is 9.90. The van der Waals surface area contributed by atoms with E-state index in [2.05, 4.69) is 0 Å². The summed E-state index contributed by atoms with van der Waals surface area (Å²) in [6.45, 7) is 5.86. The lowest BCUT2D eigenvalue weighted by Crippen LogP contribution is -2.55. The largest absolute Gasteiger partial charge is 0.479 e. The number of aliphatic carboxylic acids is 1. The van der Waals surface area contributed by atoms with Crippen LogP contribution >= 0.6 is 0 Å². The Labute approximate surface area is 107 Å². The van der Waals surface area contributed by atoms with Crippen molar-refractivity contribution in [3.63, 3.8) is 0 Å². The van der Waals surface area contributed by atoms with E-state index in [4.69, 9.17) is 4.74 Å². The molecule has 2 aliphatic rings. The van der Waals surface area contributed by atoms with E-state index in [1.54, 1.807) is 20.8 Å². The van der Waals surface area contributed by atoms with E-state index < -0.39 is 23.2 Å². The minimum atomic E-state index is -1.01. The van der Waals surface area contributed by atoms with Crippen LogP contribution in [0.3, 0.4) is 0 Å². The first kappa shape index (κ1) is 13.2. The van der Waals surface area contributed by atoms with Crippen LogP contribution in [0.25, 0.3) is 0 Å². The van der Waals surface area contributed by atoms with Gasteiger partial charge in [0.2, 0.25) is 0 Å². The summed E-state index contributed by atoms with van der Waals surface area (Å²) in [5.74, 6) is -0.779. The van der Waals surface area contributed by atoms with Gasteiger partial charge in [0.25, 0.3) is 0 Å². The number of hydrogen-bond acceptors (Lipinski definition) is 3. The van der Waals surface area contributed by atoms with Crippen molar-refractivity contribution in [3.8, 4) is 0 Å². The van der Waals surface area contributed by atoms with E-state index >= 15 is 0 Å². The molecule has 0 bridgehead atoms. The quantitative estimate of drug-likeness (QED) is 0.821. The van der Waals surface area contributed by atoms with E-state index in [1.807, 2.05) is 0 Å². The molecule has 1 saturated carbocycles. The Kier molecular flexibility index (Phi) is 3.03. The summed E-state index contributed by atoms with van der Waals surface area (Å²) in [6.07, 6.45) is 2.58. The molecule has 1 atom stereocenters. The number of carbonyl (C=O) groups excluding carboxylic acids is 1. The van der Waals surface area contributed by atoms with Gasteiger partial charge in [-0.05, 0) is 52.4 Å². The van der Waals surface area contributed by atoms with Gasteiger partial charge in [0.1, 0.15) is 11.1 Å². The molecule has 0 spiro atoms. The van der Waals surface area contributed by atoms with Gasteiger partial charge in [0, 0.05) is 6.54 Å². The van der Waals surface area contributed by atoms with Crippen LogP contribution in [-0.2, 0) is 9.53 Å². The Morgan fingerprint density at radius 1 is 1.33 bits per heavy atom. The molecule has 1 N–H and O–H groups in total. The Morgan fingerprint density at radius 2 is 1.94 bits per heavy atom. The molecule has 0 radical (unpaired) electrons. The minimum absolute atomic E-state index is 0.102. The number of ether oxygens (including phenoxy) is 1. The second-order valence-corrected chi connectivity index (χ2v) is 6.24. The van der Waals surface area contributed by atoms with Crippen molar-refractivity contribution < 1.29 is 19.4 Å². The van der Waals surface area contributed by atoms with E-state index in [0.29, 0.717) is 13.0 Å². The van der Waals surface area contributed by atoms with Crippen LogP contribution in [0.15, 0.2) is 0 Å². The molecule has 1 heterocycles. The number of likely N-dealkylation sites (tertiary alicyclic amines) is 1. The fourth-order valence-corrected chi connectivity index (χ4v) is 2.79. The zero-order valence-corrected chi connectivity index (χ0v) is 11.2. The van der Waals surface area contributed by atoms with Crippen LogP contribution in [0.2, 0.25) is 0 Å². The van der Waals surface area contributed by atoms with Gasteiger partial charge in [-0.25, -0.2) is 9.59 Å². The monoisotopic (exact) mass is 255 g/mol.